The van der Waals surface area contributed by atoms with E-state index in [0.29, 0.717) is 19.6 Å². The highest BCUT2D eigenvalue weighted by Gasteiger charge is 2.36. The van der Waals surface area contributed by atoms with Crippen molar-refractivity contribution in [1.29, 1.82) is 0 Å². The highest BCUT2D eigenvalue weighted by Crippen LogP contribution is 2.23. The van der Waals surface area contributed by atoms with Gasteiger partial charge in [-0.25, -0.2) is 13.1 Å². The van der Waals surface area contributed by atoms with Crippen molar-refractivity contribution in [3.05, 3.63) is 23.5 Å². The molecular weight excluding hydrogens is 292 g/mol. The van der Waals surface area contributed by atoms with E-state index in [2.05, 4.69) is 9.71 Å². The number of halogens is 1. The van der Waals surface area contributed by atoms with Gasteiger partial charge in [0.1, 0.15) is 10.5 Å². The maximum absolute atomic E-state index is 12.1. The highest BCUT2D eigenvalue weighted by molar-refractivity contribution is 7.89. The molecule has 8 heteroatoms. The zero-order valence-corrected chi connectivity index (χ0v) is 12.0. The van der Waals surface area contributed by atoms with Crippen LogP contribution in [0.1, 0.15) is 6.42 Å². The number of nitrogens with one attached hydrogen (secondary N) is 1. The third-order valence-electron chi connectivity index (χ3n) is 3.11. The topological polar surface area (TPSA) is 77.5 Å². The maximum Gasteiger partial charge on any atom is 0.243 e. The van der Waals surface area contributed by atoms with Crippen LogP contribution in [0.3, 0.4) is 0 Å². The molecule has 1 unspecified atom stereocenters. The van der Waals surface area contributed by atoms with Crippen molar-refractivity contribution < 1.29 is 17.9 Å². The van der Waals surface area contributed by atoms with Gasteiger partial charge in [-0.3, -0.25) is 4.98 Å². The second-order valence-corrected chi connectivity index (χ2v) is 6.46. The summed E-state index contributed by atoms with van der Waals surface area (Å²) < 4.78 is 37.4. The molecule has 1 aliphatic rings. The van der Waals surface area contributed by atoms with Crippen molar-refractivity contribution >= 4 is 21.6 Å². The standard InChI is InChI=1S/C11H15ClN2O4S/c1-17-11(3-5-18-8-11)7-14-19(15,16)10-6-13-4-2-9(10)12/h2,4,6,14H,3,5,7-8H2,1H3. The molecule has 0 aliphatic carbocycles. The molecule has 0 bridgehead atoms. The summed E-state index contributed by atoms with van der Waals surface area (Å²) in [6, 6.07) is 1.43. The fourth-order valence-electron chi connectivity index (χ4n) is 1.83. The summed E-state index contributed by atoms with van der Waals surface area (Å²) in [5.41, 5.74) is -0.609. The van der Waals surface area contributed by atoms with Crippen LogP contribution in [0.15, 0.2) is 23.4 Å². The Morgan fingerprint density at radius 2 is 2.42 bits per heavy atom. The molecular formula is C11H15ClN2O4S. The van der Waals surface area contributed by atoms with Gasteiger partial charge < -0.3 is 9.47 Å². The molecule has 1 aromatic heterocycles. The average molecular weight is 307 g/mol. The minimum absolute atomic E-state index is 0.0400. The lowest BCUT2D eigenvalue weighted by molar-refractivity contribution is -0.0120. The smallest absolute Gasteiger partial charge is 0.243 e. The molecule has 19 heavy (non-hydrogen) atoms. The van der Waals surface area contributed by atoms with Gasteiger partial charge in [0.25, 0.3) is 0 Å². The van der Waals surface area contributed by atoms with Crippen LogP contribution in [0.4, 0.5) is 0 Å². The second-order valence-electron chi connectivity index (χ2n) is 4.32. The monoisotopic (exact) mass is 306 g/mol. The van der Waals surface area contributed by atoms with Gasteiger partial charge >= 0.3 is 0 Å². The van der Waals surface area contributed by atoms with Crippen LogP contribution in [-0.2, 0) is 19.5 Å². The molecule has 2 heterocycles. The van der Waals surface area contributed by atoms with Crippen LogP contribution in [-0.4, -0.2) is 45.9 Å². The number of hydrogen-bond acceptors (Lipinski definition) is 5. The van der Waals surface area contributed by atoms with Crippen LogP contribution in [0.25, 0.3) is 0 Å². The van der Waals surface area contributed by atoms with E-state index in [1.54, 1.807) is 7.11 Å². The third kappa shape index (κ3) is 3.24. The van der Waals surface area contributed by atoms with Crippen LogP contribution < -0.4 is 4.72 Å². The van der Waals surface area contributed by atoms with Gasteiger partial charge in [-0.05, 0) is 6.07 Å². The third-order valence-corrected chi connectivity index (χ3v) is 4.98. The molecule has 0 spiro atoms. The number of nitrogens with zero attached hydrogens (tertiary/aromatic N) is 1. The molecule has 0 saturated carbocycles. The molecule has 0 amide bonds. The van der Waals surface area contributed by atoms with Gasteiger partial charge in [0.2, 0.25) is 10.0 Å². The Balaban J connectivity index is 2.12. The van der Waals surface area contributed by atoms with Crippen molar-refractivity contribution in [3.63, 3.8) is 0 Å². The fourth-order valence-corrected chi connectivity index (χ4v) is 3.37. The predicted molar refractivity (Wildman–Crippen MR) is 69.6 cm³/mol. The van der Waals surface area contributed by atoms with Crippen LogP contribution in [0.2, 0.25) is 5.02 Å². The summed E-state index contributed by atoms with van der Waals surface area (Å²) in [7, 11) is -2.16. The highest BCUT2D eigenvalue weighted by atomic mass is 35.5. The van der Waals surface area contributed by atoms with Gasteiger partial charge in [0.05, 0.1) is 11.6 Å². The summed E-state index contributed by atoms with van der Waals surface area (Å²) in [6.45, 7) is 1.06. The molecule has 1 fully saturated rings. The van der Waals surface area contributed by atoms with E-state index in [4.69, 9.17) is 21.1 Å². The SMILES string of the molecule is COC1(CNS(=O)(=O)c2cnccc2Cl)CCOC1. The normalized spacial score (nSPS) is 23.7. The first-order chi connectivity index (χ1) is 8.99. The number of hydrogen-bond donors (Lipinski definition) is 1. The van der Waals surface area contributed by atoms with E-state index < -0.39 is 15.6 Å². The van der Waals surface area contributed by atoms with Gasteiger partial charge in [-0.2, -0.15) is 0 Å². The lowest BCUT2D eigenvalue weighted by Gasteiger charge is -2.25. The number of sulfonamides is 1. The van der Waals surface area contributed by atoms with Crippen LogP contribution in [0, 0.1) is 0 Å². The average Bonchev–Trinajstić information content (AvgIpc) is 2.86. The number of pyridine rings is 1. The van der Waals surface area contributed by atoms with Crippen molar-refractivity contribution in [1.82, 2.24) is 9.71 Å². The fraction of sp³-hybridized carbons (Fsp3) is 0.545. The molecule has 0 aromatic carbocycles. The Bertz CT molecular complexity index is 543. The van der Waals surface area contributed by atoms with Crippen LogP contribution >= 0.6 is 11.6 Å². The Labute approximate surface area is 117 Å². The predicted octanol–water partition coefficient (Wildman–Crippen LogP) is 0.819. The van der Waals surface area contributed by atoms with Gasteiger partial charge in [-0.1, -0.05) is 11.6 Å². The minimum Gasteiger partial charge on any atom is -0.378 e. The van der Waals surface area contributed by atoms with Gasteiger partial charge in [0.15, 0.2) is 0 Å². The summed E-state index contributed by atoms with van der Waals surface area (Å²) in [4.78, 5) is 3.73. The van der Waals surface area contributed by atoms with Gasteiger partial charge in [-0.15, -0.1) is 0 Å². The van der Waals surface area contributed by atoms with E-state index in [1.165, 1.54) is 18.5 Å². The Morgan fingerprint density at radius 3 is 3.00 bits per heavy atom. The molecule has 6 nitrogen and oxygen atoms in total. The Kier molecular flexibility index (Phi) is 4.42. The van der Waals surface area contributed by atoms with E-state index in [-0.39, 0.29) is 16.5 Å². The Morgan fingerprint density at radius 1 is 1.63 bits per heavy atom. The van der Waals surface area contributed by atoms with Crippen LogP contribution in [0.5, 0.6) is 0 Å². The molecule has 1 atom stereocenters. The molecule has 1 saturated heterocycles. The van der Waals surface area contributed by atoms with E-state index in [9.17, 15) is 8.42 Å². The van der Waals surface area contributed by atoms with Crippen molar-refractivity contribution in [3.8, 4) is 0 Å². The molecule has 1 aliphatic heterocycles. The first-order valence-electron chi connectivity index (χ1n) is 5.71. The molecule has 2 rings (SSSR count). The zero-order valence-electron chi connectivity index (χ0n) is 10.4. The van der Waals surface area contributed by atoms with Gasteiger partial charge in [0, 0.05) is 39.1 Å². The quantitative estimate of drug-likeness (QED) is 0.871. The molecule has 0 radical (unpaired) electrons. The number of aromatic nitrogens is 1. The summed E-state index contributed by atoms with van der Waals surface area (Å²) >= 11 is 5.86. The first kappa shape index (κ1) is 14.7. The number of ether oxygens (including phenoxy) is 2. The van der Waals surface area contributed by atoms with Crippen molar-refractivity contribution in [2.24, 2.45) is 0 Å². The molecule has 1 aromatic rings. The minimum atomic E-state index is -3.71. The molecule has 106 valence electrons. The molecule has 1 N–H and O–H groups in total. The second kappa shape index (κ2) is 5.72. The Hall–Kier alpha value is -0.730. The maximum atomic E-state index is 12.1. The van der Waals surface area contributed by atoms with E-state index in [0.717, 1.165) is 0 Å². The van der Waals surface area contributed by atoms with E-state index >= 15 is 0 Å². The summed E-state index contributed by atoms with van der Waals surface area (Å²) in [6.07, 6.45) is 3.30. The lowest BCUT2D eigenvalue weighted by atomic mass is 10.0. The first-order valence-corrected chi connectivity index (χ1v) is 7.57. The largest absolute Gasteiger partial charge is 0.378 e. The number of methoxy groups -OCH3 is 1. The number of rotatable bonds is 5. The summed E-state index contributed by atoms with van der Waals surface area (Å²) in [5.74, 6) is 0. The lowest BCUT2D eigenvalue weighted by Crippen LogP contribution is -2.45. The van der Waals surface area contributed by atoms with E-state index in [1.807, 2.05) is 0 Å². The van der Waals surface area contributed by atoms with Crippen molar-refractivity contribution in [2.45, 2.75) is 16.9 Å². The summed E-state index contributed by atoms with van der Waals surface area (Å²) in [5, 5.41) is 0.136. The van der Waals surface area contributed by atoms with Crippen molar-refractivity contribution in [2.75, 3.05) is 26.9 Å². The zero-order chi connectivity index (χ0) is 13.9.